The van der Waals surface area contributed by atoms with Gasteiger partial charge in [0, 0.05) is 15.7 Å². The number of benzene rings is 2. The minimum Gasteiger partial charge on any atom is -0.402 e. The molecular formula is C16H8ClIN2O4. The number of nitro groups is 1. The molecule has 1 heterocycles. The lowest BCUT2D eigenvalue weighted by Crippen LogP contribution is -2.06. The molecule has 0 N–H and O–H groups in total. The molecule has 0 saturated heterocycles. The summed E-state index contributed by atoms with van der Waals surface area (Å²) in [7, 11) is 0. The molecule has 0 fully saturated rings. The van der Waals surface area contributed by atoms with Crippen LogP contribution in [0.15, 0.2) is 53.2 Å². The van der Waals surface area contributed by atoms with Crippen LogP contribution in [0.25, 0.3) is 6.08 Å². The number of aliphatic imine (C=N–C) groups is 1. The van der Waals surface area contributed by atoms with Gasteiger partial charge in [0.15, 0.2) is 5.70 Å². The molecule has 6 nitrogen and oxygen atoms in total. The highest BCUT2D eigenvalue weighted by atomic mass is 127. The van der Waals surface area contributed by atoms with Crippen LogP contribution in [-0.4, -0.2) is 16.8 Å². The largest absolute Gasteiger partial charge is 0.402 e. The Morgan fingerprint density at radius 1 is 1.21 bits per heavy atom. The molecule has 0 amide bonds. The number of hydrogen-bond donors (Lipinski definition) is 0. The quantitative estimate of drug-likeness (QED) is 0.229. The Kier molecular flexibility index (Phi) is 4.63. The first kappa shape index (κ1) is 16.6. The van der Waals surface area contributed by atoms with Gasteiger partial charge in [-0.2, -0.15) is 0 Å². The second-order valence-electron chi connectivity index (χ2n) is 4.81. The number of carbonyl (C=O) groups excluding carboxylic acids is 1. The summed E-state index contributed by atoms with van der Waals surface area (Å²) >= 11 is 8.24. The van der Waals surface area contributed by atoms with Gasteiger partial charge in [0.25, 0.3) is 5.69 Å². The van der Waals surface area contributed by atoms with Crippen LogP contribution in [0.1, 0.15) is 11.1 Å². The van der Waals surface area contributed by atoms with E-state index in [1.807, 2.05) is 6.07 Å². The highest BCUT2D eigenvalue weighted by Gasteiger charge is 2.25. The van der Waals surface area contributed by atoms with Gasteiger partial charge >= 0.3 is 5.97 Å². The molecule has 8 heteroatoms. The first-order valence-electron chi connectivity index (χ1n) is 6.66. The van der Waals surface area contributed by atoms with Crippen molar-refractivity contribution < 1.29 is 14.5 Å². The maximum absolute atomic E-state index is 12.0. The fraction of sp³-hybridized carbons (Fsp3) is 0. The van der Waals surface area contributed by atoms with E-state index in [4.69, 9.17) is 16.3 Å². The molecule has 1 aliphatic heterocycles. The third kappa shape index (κ3) is 3.46. The van der Waals surface area contributed by atoms with Crippen LogP contribution < -0.4 is 0 Å². The Morgan fingerprint density at radius 2 is 1.92 bits per heavy atom. The maximum atomic E-state index is 12.0. The molecule has 120 valence electrons. The normalized spacial score (nSPS) is 15.3. The van der Waals surface area contributed by atoms with Crippen molar-refractivity contribution in [3.63, 3.8) is 0 Å². The number of esters is 1. The Bertz CT molecular complexity index is 907. The second kappa shape index (κ2) is 6.70. The number of halogens is 2. The first-order chi connectivity index (χ1) is 11.4. The minimum absolute atomic E-state index is 0.0269. The number of cyclic esters (lactones) is 1. The lowest BCUT2D eigenvalue weighted by Gasteiger charge is -2.02. The number of nitrogens with zero attached hydrogens (tertiary/aromatic N) is 2. The summed E-state index contributed by atoms with van der Waals surface area (Å²) in [4.78, 5) is 26.3. The van der Waals surface area contributed by atoms with E-state index in [0.29, 0.717) is 16.1 Å². The molecule has 2 aromatic rings. The van der Waals surface area contributed by atoms with Gasteiger partial charge in [-0.1, -0.05) is 11.6 Å². The summed E-state index contributed by atoms with van der Waals surface area (Å²) < 4.78 is 6.11. The molecule has 0 spiro atoms. The molecule has 0 aliphatic carbocycles. The zero-order valence-corrected chi connectivity index (χ0v) is 14.8. The van der Waals surface area contributed by atoms with Gasteiger partial charge in [0.2, 0.25) is 5.90 Å². The fourth-order valence-corrected chi connectivity index (χ4v) is 2.73. The summed E-state index contributed by atoms with van der Waals surface area (Å²) in [5, 5.41) is 11.1. The van der Waals surface area contributed by atoms with Gasteiger partial charge in [0.05, 0.1) is 15.5 Å². The highest BCUT2D eigenvalue weighted by molar-refractivity contribution is 14.1. The summed E-state index contributed by atoms with van der Waals surface area (Å²) in [5.74, 6) is -0.463. The molecule has 0 aromatic heterocycles. The van der Waals surface area contributed by atoms with Gasteiger partial charge < -0.3 is 4.74 Å². The monoisotopic (exact) mass is 454 g/mol. The average molecular weight is 455 g/mol. The van der Waals surface area contributed by atoms with Crippen LogP contribution in [0.2, 0.25) is 5.02 Å². The standard InChI is InChI=1S/C16H8ClIN2O4/c17-13-6-3-10(18)8-12(13)15-19-14(16(21)24-15)7-9-1-4-11(5-2-9)20(22)23/h1-8H/b14-7-. The fourth-order valence-electron chi connectivity index (χ4n) is 2.04. The van der Waals surface area contributed by atoms with Crippen molar-refractivity contribution in [3.8, 4) is 0 Å². The van der Waals surface area contributed by atoms with Crippen molar-refractivity contribution in [1.29, 1.82) is 0 Å². The van der Waals surface area contributed by atoms with Crippen LogP contribution in [0, 0.1) is 13.7 Å². The molecular weight excluding hydrogens is 447 g/mol. The van der Waals surface area contributed by atoms with Gasteiger partial charge in [-0.15, -0.1) is 0 Å². The van der Waals surface area contributed by atoms with Crippen molar-refractivity contribution in [1.82, 2.24) is 0 Å². The van der Waals surface area contributed by atoms with Crippen molar-refractivity contribution in [2.45, 2.75) is 0 Å². The van der Waals surface area contributed by atoms with E-state index in [2.05, 4.69) is 27.6 Å². The van der Waals surface area contributed by atoms with Crippen LogP contribution in [0.5, 0.6) is 0 Å². The molecule has 0 unspecified atom stereocenters. The summed E-state index contributed by atoms with van der Waals surface area (Å²) in [5.41, 5.74) is 1.21. The molecule has 0 saturated carbocycles. The summed E-state index contributed by atoms with van der Waals surface area (Å²) in [6, 6.07) is 11.1. The number of rotatable bonds is 3. The summed E-state index contributed by atoms with van der Waals surface area (Å²) in [6.07, 6.45) is 1.50. The van der Waals surface area contributed by atoms with Gasteiger partial charge in [0.1, 0.15) is 0 Å². The van der Waals surface area contributed by atoms with E-state index < -0.39 is 10.9 Å². The SMILES string of the molecule is O=C1OC(c2cc(I)ccc2Cl)=N/C1=C\c1ccc([N+](=O)[O-])cc1. The number of nitro benzene ring substituents is 1. The first-order valence-corrected chi connectivity index (χ1v) is 8.12. The van der Waals surface area contributed by atoms with Crippen LogP contribution in [0.4, 0.5) is 5.69 Å². The van der Waals surface area contributed by atoms with Gasteiger partial charge in [-0.3, -0.25) is 10.1 Å². The van der Waals surface area contributed by atoms with E-state index in [1.54, 1.807) is 12.1 Å². The van der Waals surface area contributed by atoms with E-state index >= 15 is 0 Å². The van der Waals surface area contributed by atoms with E-state index in [0.717, 1.165) is 3.57 Å². The summed E-state index contributed by atoms with van der Waals surface area (Å²) in [6.45, 7) is 0. The second-order valence-corrected chi connectivity index (χ2v) is 6.46. The predicted molar refractivity (Wildman–Crippen MR) is 97.9 cm³/mol. The van der Waals surface area contributed by atoms with Crippen molar-refractivity contribution >= 4 is 57.8 Å². The smallest absolute Gasteiger partial charge is 0.363 e. The van der Waals surface area contributed by atoms with Crippen molar-refractivity contribution in [2.24, 2.45) is 4.99 Å². The molecule has 0 bridgehead atoms. The van der Waals surface area contributed by atoms with Crippen molar-refractivity contribution in [2.75, 3.05) is 0 Å². The average Bonchev–Trinajstić information content (AvgIpc) is 2.91. The zero-order chi connectivity index (χ0) is 17.3. The zero-order valence-electron chi connectivity index (χ0n) is 11.9. The van der Waals surface area contributed by atoms with E-state index in [9.17, 15) is 14.9 Å². The van der Waals surface area contributed by atoms with Gasteiger partial charge in [-0.05, 0) is 64.6 Å². The molecule has 0 atom stereocenters. The third-order valence-electron chi connectivity index (χ3n) is 3.19. The molecule has 1 aliphatic rings. The van der Waals surface area contributed by atoms with Crippen LogP contribution in [-0.2, 0) is 9.53 Å². The number of non-ortho nitro benzene ring substituents is 1. The Balaban J connectivity index is 1.94. The lowest BCUT2D eigenvalue weighted by molar-refractivity contribution is -0.384. The molecule has 3 rings (SSSR count). The molecule has 24 heavy (non-hydrogen) atoms. The Labute approximate surface area is 155 Å². The van der Waals surface area contributed by atoms with E-state index in [-0.39, 0.29) is 17.3 Å². The number of ether oxygens (including phenoxy) is 1. The minimum atomic E-state index is -0.599. The Hall–Kier alpha value is -2.26. The highest BCUT2D eigenvalue weighted by Crippen LogP contribution is 2.25. The van der Waals surface area contributed by atoms with Crippen molar-refractivity contribution in [3.05, 3.63) is 78.0 Å². The molecule has 2 aromatic carbocycles. The Morgan fingerprint density at radius 3 is 2.58 bits per heavy atom. The van der Waals surface area contributed by atoms with Crippen LogP contribution in [0.3, 0.4) is 0 Å². The maximum Gasteiger partial charge on any atom is 0.363 e. The molecule has 0 radical (unpaired) electrons. The lowest BCUT2D eigenvalue weighted by atomic mass is 10.2. The topological polar surface area (TPSA) is 81.8 Å². The number of carbonyl (C=O) groups is 1. The van der Waals surface area contributed by atoms with Gasteiger partial charge in [-0.25, -0.2) is 9.79 Å². The number of hydrogen-bond acceptors (Lipinski definition) is 5. The predicted octanol–water partition coefficient (Wildman–Crippen LogP) is 4.20. The van der Waals surface area contributed by atoms with E-state index in [1.165, 1.54) is 30.3 Å². The van der Waals surface area contributed by atoms with Crippen LogP contribution >= 0.6 is 34.2 Å². The third-order valence-corrected chi connectivity index (χ3v) is 4.19.